The van der Waals surface area contributed by atoms with E-state index in [0.717, 1.165) is 29.0 Å². The molecular formula is C20H20N2O3. The standard InChI is InChI=1S/C20H20N2O3/c1-2-17-6-3-4-7-19(17)24-15-20(23)25-14-16-8-10-18(11-9-16)22-13-5-12-21-22/h3-13H,2,14-15H2,1H3. The van der Waals surface area contributed by atoms with E-state index in [1.54, 1.807) is 10.9 Å². The molecule has 5 nitrogen and oxygen atoms in total. The van der Waals surface area contributed by atoms with Crippen LogP contribution in [-0.4, -0.2) is 22.4 Å². The SMILES string of the molecule is CCc1ccccc1OCC(=O)OCc1ccc(-n2cccn2)cc1. The maximum Gasteiger partial charge on any atom is 0.344 e. The van der Waals surface area contributed by atoms with E-state index in [0.29, 0.717) is 0 Å². The molecule has 1 aromatic heterocycles. The predicted molar refractivity (Wildman–Crippen MR) is 94.7 cm³/mol. The summed E-state index contributed by atoms with van der Waals surface area (Å²) in [5, 5.41) is 4.17. The number of esters is 1. The van der Waals surface area contributed by atoms with Gasteiger partial charge in [-0.1, -0.05) is 37.3 Å². The summed E-state index contributed by atoms with van der Waals surface area (Å²) in [5.41, 5.74) is 2.95. The summed E-state index contributed by atoms with van der Waals surface area (Å²) in [4.78, 5) is 11.9. The molecule has 3 rings (SSSR count). The van der Waals surface area contributed by atoms with E-state index in [1.807, 2.05) is 67.7 Å². The first kappa shape index (κ1) is 16.8. The van der Waals surface area contributed by atoms with Crippen molar-refractivity contribution < 1.29 is 14.3 Å². The van der Waals surface area contributed by atoms with E-state index in [4.69, 9.17) is 9.47 Å². The lowest BCUT2D eigenvalue weighted by Crippen LogP contribution is -2.15. The first-order valence-corrected chi connectivity index (χ1v) is 8.21. The van der Waals surface area contributed by atoms with Crippen LogP contribution in [0.4, 0.5) is 0 Å². The average Bonchev–Trinajstić information content (AvgIpc) is 3.20. The summed E-state index contributed by atoms with van der Waals surface area (Å²) in [6, 6.07) is 17.3. The lowest BCUT2D eigenvalue weighted by Gasteiger charge is -2.10. The monoisotopic (exact) mass is 336 g/mol. The van der Waals surface area contributed by atoms with Gasteiger partial charge in [-0.2, -0.15) is 5.10 Å². The van der Waals surface area contributed by atoms with Gasteiger partial charge in [0.1, 0.15) is 12.4 Å². The minimum Gasteiger partial charge on any atom is -0.482 e. The topological polar surface area (TPSA) is 53.4 Å². The number of para-hydroxylation sites is 1. The summed E-state index contributed by atoms with van der Waals surface area (Å²) < 4.78 is 12.6. The quantitative estimate of drug-likeness (QED) is 0.619. The smallest absolute Gasteiger partial charge is 0.344 e. The van der Waals surface area contributed by atoms with E-state index in [1.165, 1.54) is 0 Å². The van der Waals surface area contributed by atoms with E-state index in [2.05, 4.69) is 5.10 Å². The molecule has 0 aliphatic heterocycles. The van der Waals surface area contributed by atoms with Crippen molar-refractivity contribution in [3.05, 3.63) is 78.1 Å². The van der Waals surface area contributed by atoms with Crippen LogP contribution in [0.15, 0.2) is 67.0 Å². The Labute approximate surface area is 146 Å². The van der Waals surface area contributed by atoms with Crippen molar-refractivity contribution in [3.8, 4) is 11.4 Å². The normalized spacial score (nSPS) is 10.4. The molecular weight excluding hydrogens is 316 g/mol. The van der Waals surface area contributed by atoms with Crippen molar-refractivity contribution in [2.75, 3.05) is 6.61 Å². The largest absolute Gasteiger partial charge is 0.482 e. The number of nitrogens with zero attached hydrogens (tertiary/aromatic N) is 2. The fourth-order valence-corrected chi connectivity index (χ4v) is 2.45. The molecule has 128 valence electrons. The molecule has 0 saturated carbocycles. The van der Waals surface area contributed by atoms with Crippen LogP contribution in [0.25, 0.3) is 5.69 Å². The number of aromatic nitrogens is 2. The average molecular weight is 336 g/mol. The Kier molecular flexibility index (Phi) is 5.46. The highest BCUT2D eigenvalue weighted by molar-refractivity contribution is 5.71. The van der Waals surface area contributed by atoms with Crippen LogP contribution < -0.4 is 4.74 Å². The minimum absolute atomic E-state index is 0.0949. The van der Waals surface area contributed by atoms with Crippen LogP contribution in [0.1, 0.15) is 18.1 Å². The Morgan fingerprint density at radius 3 is 2.60 bits per heavy atom. The summed E-state index contributed by atoms with van der Waals surface area (Å²) in [6.07, 6.45) is 4.46. The summed E-state index contributed by atoms with van der Waals surface area (Å²) in [7, 11) is 0. The van der Waals surface area contributed by atoms with Crippen molar-refractivity contribution in [1.29, 1.82) is 0 Å². The van der Waals surface area contributed by atoms with E-state index in [-0.39, 0.29) is 19.2 Å². The molecule has 0 saturated heterocycles. The van der Waals surface area contributed by atoms with Gasteiger partial charge in [-0.25, -0.2) is 9.48 Å². The van der Waals surface area contributed by atoms with Gasteiger partial charge >= 0.3 is 5.97 Å². The summed E-state index contributed by atoms with van der Waals surface area (Å²) >= 11 is 0. The van der Waals surface area contributed by atoms with Crippen LogP contribution in [0.5, 0.6) is 5.75 Å². The van der Waals surface area contributed by atoms with Crippen LogP contribution in [0.2, 0.25) is 0 Å². The zero-order chi connectivity index (χ0) is 17.5. The number of hydrogen-bond donors (Lipinski definition) is 0. The summed E-state index contributed by atoms with van der Waals surface area (Å²) in [6.45, 7) is 2.17. The number of ether oxygens (including phenoxy) is 2. The lowest BCUT2D eigenvalue weighted by atomic mass is 10.1. The first-order chi connectivity index (χ1) is 12.3. The first-order valence-electron chi connectivity index (χ1n) is 8.21. The van der Waals surface area contributed by atoms with Gasteiger partial charge in [0, 0.05) is 12.4 Å². The van der Waals surface area contributed by atoms with Gasteiger partial charge in [-0.05, 0) is 41.8 Å². The third-order valence-corrected chi connectivity index (χ3v) is 3.80. The second kappa shape index (κ2) is 8.15. The Bertz CT molecular complexity index is 811. The highest BCUT2D eigenvalue weighted by atomic mass is 16.6. The second-order valence-corrected chi connectivity index (χ2v) is 5.53. The number of rotatable bonds is 7. The Morgan fingerprint density at radius 2 is 1.88 bits per heavy atom. The number of aryl methyl sites for hydroxylation is 1. The second-order valence-electron chi connectivity index (χ2n) is 5.53. The zero-order valence-electron chi connectivity index (χ0n) is 14.1. The zero-order valence-corrected chi connectivity index (χ0v) is 14.1. The van der Waals surface area contributed by atoms with Crippen LogP contribution in [-0.2, 0) is 22.6 Å². The molecule has 0 amide bonds. The molecule has 0 aliphatic rings. The van der Waals surface area contributed by atoms with Crippen molar-refractivity contribution in [1.82, 2.24) is 9.78 Å². The van der Waals surface area contributed by atoms with E-state index in [9.17, 15) is 4.79 Å². The van der Waals surface area contributed by atoms with Gasteiger partial charge in [0.2, 0.25) is 0 Å². The highest BCUT2D eigenvalue weighted by Gasteiger charge is 2.07. The molecule has 0 unspecified atom stereocenters. The number of benzene rings is 2. The van der Waals surface area contributed by atoms with Crippen molar-refractivity contribution in [3.63, 3.8) is 0 Å². The third-order valence-electron chi connectivity index (χ3n) is 3.80. The fraction of sp³-hybridized carbons (Fsp3) is 0.200. The molecule has 0 radical (unpaired) electrons. The minimum atomic E-state index is -0.387. The van der Waals surface area contributed by atoms with Crippen LogP contribution >= 0.6 is 0 Å². The molecule has 0 bridgehead atoms. The molecule has 25 heavy (non-hydrogen) atoms. The molecule has 3 aromatic rings. The van der Waals surface area contributed by atoms with Crippen LogP contribution in [0.3, 0.4) is 0 Å². The van der Waals surface area contributed by atoms with Gasteiger partial charge in [-0.15, -0.1) is 0 Å². The van der Waals surface area contributed by atoms with Gasteiger partial charge in [0.25, 0.3) is 0 Å². The molecule has 0 spiro atoms. The maximum absolute atomic E-state index is 11.9. The number of carbonyl (C=O) groups excluding carboxylic acids is 1. The number of hydrogen-bond acceptors (Lipinski definition) is 4. The lowest BCUT2D eigenvalue weighted by molar-refractivity contribution is -0.147. The van der Waals surface area contributed by atoms with Crippen molar-refractivity contribution in [2.24, 2.45) is 0 Å². The molecule has 0 N–H and O–H groups in total. The Hall–Kier alpha value is -3.08. The fourth-order valence-electron chi connectivity index (χ4n) is 2.45. The van der Waals surface area contributed by atoms with E-state index < -0.39 is 0 Å². The van der Waals surface area contributed by atoms with Crippen molar-refractivity contribution in [2.45, 2.75) is 20.0 Å². The molecule has 0 fully saturated rings. The molecule has 1 heterocycles. The van der Waals surface area contributed by atoms with Gasteiger partial charge in [0.15, 0.2) is 6.61 Å². The van der Waals surface area contributed by atoms with Gasteiger partial charge in [-0.3, -0.25) is 0 Å². The maximum atomic E-state index is 11.9. The Balaban J connectivity index is 1.49. The highest BCUT2D eigenvalue weighted by Crippen LogP contribution is 2.18. The Morgan fingerprint density at radius 1 is 1.08 bits per heavy atom. The van der Waals surface area contributed by atoms with E-state index >= 15 is 0 Å². The molecule has 0 atom stereocenters. The van der Waals surface area contributed by atoms with Crippen molar-refractivity contribution >= 4 is 5.97 Å². The molecule has 5 heteroatoms. The predicted octanol–water partition coefficient (Wildman–Crippen LogP) is 3.56. The van der Waals surface area contributed by atoms with Crippen LogP contribution in [0, 0.1) is 0 Å². The number of carbonyl (C=O) groups is 1. The molecule has 0 aliphatic carbocycles. The third kappa shape index (κ3) is 4.47. The van der Waals surface area contributed by atoms with Gasteiger partial charge < -0.3 is 9.47 Å². The molecule has 2 aromatic carbocycles. The van der Waals surface area contributed by atoms with Gasteiger partial charge in [0.05, 0.1) is 5.69 Å². The summed E-state index contributed by atoms with van der Waals surface area (Å²) in [5.74, 6) is 0.340.